The van der Waals surface area contributed by atoms with Gasteiger partial charge in [0.15, 0.2) is 0 Å². The maximum atomic E-state index is 16.0. The number of halogens is 6. The van der Waals surface area contributed by atoms with Gasteiger partial charge in [0.2, 0.25) is 0 Å². The van der Waals surface area contributed by atoms with E-state index in [9.17, 15) is 0 Å². The average Bonchev–Trinajstić information content (AvgIpc) is 3.78. The smallest absolute Gasteiger partial charge is 0.194 e. The third-order valence-corrected chi connectivity index (χ3v) is 15.5. The molecule has 8 rings (SSSR count). The van der Waals surface area contributed by atoms with Gasteiger partial charge in [-0.2, -0.15) is 26.3 Å². The van der Waals surface area contributed by atoms with Crippen molar-refractivity contribution >= 4 is 78.7 Å². The molecule has 1 fully saturated rings. The number of rotatable bonds is 4. The van der Waals surface area contributed by atoms with E-state index in [1.54, 1.807) is 35.0 Å². The molecule has 4 aliphatic rings. The van der Waals surface area contributed by atoms with Crippen LogP contribution >= 0.6 is 68.9 Å². The number of thiophene rings is 4. The monoisotopic (exact) mass is 668 g/mol. The summed E-state index contributed by atoms with van der Waals surface area (Å²) in [4.78, 5) is 3.97. The summed E-state index contributed by atoms with van der Waals surface area (Å²) in [5.74, 6) is -15.8. The number of fused-ring (bicyclic) bond motifs is 4. The van der Waals surface area contributed by atoms with Gasteiger partial charge in [-0.05, 0) is 69.1 Å². The lowest BCUT2D eigenvalue weighted by Crippen LogP contribution is -2.48. The Morgan fingerprint density at radius 1 is 0.488 bits per heavy atom. The first-order valence-corrected chi connectivity index (χ1v) is 17.3. The molecule has 0 nitrogen and oxygen atoms in total. The summed E-state index contributed by atoms with van der Waals surface area (Å²) in [6.45, 7) is 0. The number of thioether (sulfide) groups is 2. The van der Waals surface area contributed by atoms with Gasteiger partial charge in [0, 0.05) is 40.5 Å². The Labute approximate surface area is 254 Å². The highest BCUT2D eigenvalue weighted by Crippen LogP contribution is 2.81. The average molecular weight is 669 g/mol. The van der Waals surface area contributed by atoms with Crippen LogP contribution in [0.1, 0.15) is 19.5 Å². The second kappa shape index (κ2) is 8.57. The minimum Gasteiger partial charge on any atom is -0.194 e. The highest BCUT2D eigenvalue weighted by Gasteiger charge is 2.85. The molecule has 2 atom stereocenters. The number of alkyl halides is 6. The maximum absolute atomic E-state index is 16.0. The second-order valence-electron chi connectivity index (χ2n) is 9.79. The van der Waals surface area contributed by atoms with E-state index in [0.717, 1.165) is 9.75 Å². The van der Waals surface area contributed by atoms with E-state index in [0.29, 0.717) is 19.6 Å². The van der Waals surface area contributed by atoms with Crippen molar-refractivity contribution in [3.63, 3.8) is 0 Å². The van der Waals surface area contributed by atoms with Gasteiger partial charge in [-0.1, -0.05) is 24.3 Å². The zero-order valence-electron chi connectivity index (χ0n) is 20.3. The summed E-state index contributed by atoms with van der Waals surface area (Å²) < 4.78 is 91.9. The molecule has 2 aliphatic carbocycles. The number of hydrogen-bond donors (Lipinski definition) is 0. The third kappa shape index (κ3) is 3.06. The molecule has 41 heavy (non-hydrogen) atoms. The minimum absolute atomic E-state index is 0.171. The Kier molecular flexibility index (Phi) is 5.57. The molecule has 0 bridgehead atoms. The van der Waals surface area contributed by atoms with Gasteiger partial charge in [-0.3, -0.25) is 0 Å². The summed E-state index contributed by atoms with van der Waals surface area (Å²) in [5, 5.41) is 7.29. The summed E-state index contributed by atoms with van der Waals surface area (Å²) in [7, 11) is 0. The molecule has 1 saturated carbocycles. The molecule has 2 unspecified atom stereocenters. The van der Waals surface area contributed by atoms with Gasteiger partial charge in [-0.15, -0.1) is 68.9 Å². The molecule has 4 aromatic heterocycles. The first-order chi connectivity index (χ1) is 19.6. The number of allylic oxidation sites excluding steroid dienone is 4. The fraction of sp³-hybridized carbons (Fsp3) is 0.172. The van der Waals surface area contributed by atoms with Gasteiger partial charge < -0.3 is 0 Å². The van der Waals surface area contributed by atoms with Crippen molar-refractivity contribution in [2.45, 2.75) is 27.3 Å². The predicted octanol–water partition coefficient (Wildman–Crippen LogP) is 11.1. The van der Waals surface area contributed by atoms with Crippen molar-refractivity contribution < 1.29 is 26.3 Å². The molecule has 208 valence electrons. The van der Waals surface area contributed by atoms with Gasteiger partial charge >= 0.3 is 17.8 Å². The lowest BCUT2D eigenvalue weighted by molar-refractivity contribution is -0.258. The first kappa shape index (κ1) is 26.7. The minimum atomic E-state index is -5.61. The second-order valence-corrected chi connectivity index (χ2v) is 16.1. The van der Waals surface area contributed by atoms with Gasteiger partial charge in [-0.25, -0.2) is 0 Å². The zero-order chi connectivity index (χ0) is 28.4. The van der Waals surface area contributed by atoms with Crippen LogP contribution in [-0.4, -0.2) is 17.8 Å². The Balaban J connectivity index is 1.58. The fourth-order valence-corrected chi connectivity index (χ4v) is 13.6. The lowest BCUT2D eigenvalue weighted by atomic mass is 9.68. The van der Waals surface area contributed by atoms with Crippen LogP contribution in [0.25, 0.3) is 9.81 Å². The molecule has 0 aromatic carbocycles. The van der Waals surface area contributed by atoms with Crippen LogP contribution in [0.2, 0.25) is 0 Å². The Bertz CT molecular complexity index is 1670. The molecule has 2 aliphatic heterocycles. The number of hydrogen-bond acceptors (Lipinski definition) is 6. The van der Waals surface area contributed by atoms with E-state index >= 15 is 26.3 Å². The Morgan fingerprint density at radius 3 is 1.22 bits per heavy atom. The van der Waals surface area contributed by atoms with E-state index in [-0.39, 0.29) is 11.1 Å². The molecule has 12 heteroatoms. The molecule has 0 radical (unpaired) electrons. The molecular formula is C29H14F6S6. The van der Waals surface area contributed by atoms with Crippen LogP contribution in [0.5, 0.6) is 0 Å². The molecule has 0 amide bonds. The standard InChI is InChI=1S/C29H14F6S6/c30-27(31)23-15-13-19(17-5-1-9-36-17)40-25(15,21-7-3-11-38-21)26(22-8-4-12-39-22)16(24(23)28(32,33)29(27,34)35)14-20(41-26)18-6-2-10-37-18/h1-14H. The molecule has 0 N–H and O–H groups in total. The molecule has 4 aromatic rings. The van der Waals surface area contributed by atoms with E-state index in [1.165, 1.54) is 81.0 Å². The van der Waals surface area contributed by atoms with Crippen molar-refractivity contribution in [3.05, 3.63) is 124 Å². The van der Waals surface area contributed by atoms with E-state index < -0.39 is 38.4 Å². The summed E-state index contributed by atoms with van der Waals surface area (Å²) >= 11 is 8.01. The summed E-state index contributed by atoms with van der Waals surface area (Å²) in [5.41, 5.74) is -2.83. The summed E-state index contributed by atoms with van der Waals surface area (Å²) in [6, 6.07) is 14.5. The van der Waals surface area contributed by atoms with Crippen LogP contribution < -0.4 is 0 Å². The van der Waals surface area contributed by atoms with E-state index in [1.807, 2.05) is 35.0 Å². The van der Waals surface area contributed by atoms with Gasteiger partial charge in [0.25, 0.3) is 0 Å². The van der Waals surface area contributed by atoms with Crippen molar-refractivity contribution in [1.29, 1.82) is 0 Å². The topological polar surface area (TPSA) is 0 Å². The molecular weight excluding hydrogens is 655 g/mol. The SMILES string of the molecule is FC1(F)C2=C3C=C(c4cccs4)SC3(c3cccs3)C3(c4cccs4)SC(c4cccs4)=CC3=C2C(F)(F)C1(F)F. The Morgan fingerprint density at radius 2 is 0.878 bits per heavy atom. The first-order valence-electron chi connectivity index (χ1n) is 12.2. The van der Waals surface area contributed by atoms with Crippen LogP contribution in [-0.2, 0) is 9.49 Å². The lowest BCUT2D eigenvalue weighted by Gasteiger charge is -2.50. The van der Waals surface area contributed by atoms with Crippen molar-refractivity contribution in [1.82, 2.24) is 0 Å². The summed E-state index contributed by atoms with van der Waals surface area (Å²) in [6.07, 6.45) is 2.93. The fourth-order valence-electron chi connectivity index (χ4n) is 6.17. The zero-order valence-corrected chi connectivity index (χ0v) is 25.2. The largest absolute Gasteiger partial charge is 0.380 e. The predicted molar refractivity (Wildman–Crippen MR) is 161 cm³/mol. The third-order valence-electron chi connectivity index (χ3n) is 7.80. The highest BCUT2D eigenvalue weighted by atomic mass is 32.2. The van der Waals surface area contributed by atoms with Crippen molar-refractivity contribution in [2.24, 2.45) is 0 Å². The van der Waals surface area contributed by atoms with Crippen LogP contribution in [0.15, 0.2) is 104 Å². The van der Waals surface area contributed by atoms with Gasteiger partial charge in [0.1, 0.15) is 9.49 Å². The van der Waals surface area contributed by atoms with Crippen LogP contribution in [0, 0.1) is 0 Å². The van der Waals surface area contributed by atoms with Crippen LogP contribution in [0.4, 0.5) is 26.3 Å². The molecule has 0 spiro atoms. The highest BCUT2D eigenvalue weighted by molar-refractivity contribution is 8.14. The maximum Gasteiger partial charge on any atom is 0.380 e. The molecule has 6 heterocycles. The molecule has 0 saturated heterocycles. The Hall–Kier alpha value is -1.96. The van der Waals surface area contributed by atoms with E-state index in [2.05, 4.69) is 0 Å². The van der Waals surface area contributed by atoms with Gasteiger partial charge in [0.05, 0.1) is 0 Å². The van der Waals surface area contributed by atoms with Crippen molar-refractivity contribution in [2.75, 3.05) is 0 Å². The quantitative estimate of drug-likeness (QED) is 0.199. The normalized spacial score (nSPS) is 28.9. The van der Waals surface area contributed by atoms with Crippen molar-refractivity contribution in [3.8, 4) is 0 Å². The van der Waals surface area contributed by atoms with Crippen LogP contribution in [0.3, 0.4) is 0 Å². The van der Waals surface area contributed by atoms with E-state index in [4.69, 9.17) is 0 Å².